The second kappa shape index (κ2) is 8.18. The molecule has 0 spiro atoms. The fourth-order valence-electron chi connectivity index (χ4n) is 4.01. The Hall–Kier alpha value is -2.97. The zero-order chi connectivity index (χ0) is 20.4. The average molecular weight is 402 g/mol. The maximum atomic E-state index is 13.3. The number of halogens is 1. The van der Waals surface area contributed by atoms with Crippen LogP contribution < -0.4 is 5.32 Å². The average Bonchev–Trinajstić information content (AvgIpc) is 3.14. The fourth-order valence-corrected chi connectivity index (χ4v) is 4.01. The van der Waals surface area contributed by atoms with Gasteiger partial charge in [0.1, 0.15) is 5.82 Å². The van der Waals surface area contributed by atoms with E-state index in [2.05, 4.69) is 10.5 Å². The molecule has 0 bridgehead atoms. The van der Waals surface area contributed by atoms with Crippen LogP contribution in [0.3, 0.4) is 0 Å². The van der Waals surface area contributed by atoms with Crippen molar-refractivity contribution in [1.82, 2.24) is 20.3 Å². The molecule has 2 aromatic rings. The van der Waals surface area contributed by atoms with Gasteiger partial charge in [0.25, 0.3) is 0 Å². The number of likely N-dealkylation sites (tertiary alicyclic amines) is 1. The molecule has 0 saturated carbocycles. The summed E-state index contributed by atoms with van der Waals surface area (Å²) >= 11 is 0. The molecule has 1 aromatic carbocycles. The van der Waals surface area contributed by atoms with Crippen molar-refractivity contribution in [2.75, 3.05) is 32.7 Å². The van der Waals surface area contributed by atoms with E-state index >= 15 is 0 Å². The highest BCUT2D eigenvalue weighted by molar-refractivity contribution is 5.88. The van der Waals surface area contributed by atoms with Gasteiger partial charge < -0.3 is 19.6 Å². The Labute approximate surface area is 167 Å². The van der Waals surface area contributed by atoms with Crippen molar-refractivity contribution in [3.63, 3.8) is 0 Å². The summed E-state index contributed by atoms with van der Waals surface area (Å²) in [6.07, 6.45) is 1.75. The molecule has 0 atom stereocenters. The summed E-state index contributed by atoms with van der Waals surface area (Å²) in [6, 6.07) is 4.40. The molecule has 9 heteroatoms. The van der Waals surface area contributed by atoms with Crippen molar-refractivity contribution >= 4 is 28.7 Å². The molecule has 2 aliphatic rings. The van der Waals surface area contributed by atoms with Crippen LogP contribution >= 0.6 is 0 Å². The molecule has 3 heterocycles. The lowest BCUT2D eigenvalue weighted by molar-refractivity contribution is -0.140. The predicted octanol–water partition coefficient (Wildman–Crippen LogP) is 1.41. The Morgan fingerprint density at radius 1 is 1.14 bits per heavy atom. The Kier molecular flexibility index (Phi) is 5.46. The van der Waals surface area contributed by atoms with Crippen LogP contribution in [0.1, 0.15) is 37.3 Å². The van der Waals surface area contributed by atoms with Crippen LogP contribution in [0.4, 0.5) is 4.39 Å². The predicted molar refractivity (Wildman–Crippen MR) is 101 cm³/mol. The van der Waals surface area contributed by atoms with Gasteiger partial charge in [0.05, 0.1) is 12.2 Å². The lowest BCUT2D eigenvalue weighted by atomic mass is 9.91. The summed E-state index contributed by atoms with van der Waals surface area (Å²) in [7, 11) is 0. The number of nitrogens with one attached hydrogen (secondary N) is 1. The van der Waals surface area contributed by atoms with Crippen molar-refractivity contribution in [3.05, 3.63) is 29.7 Å². The Bertz CT molecular complexity index is 936. The molecule has 0 radical (unpaired) electrons. The first-order chi connectivity index (χ1) is 14.0. The van der Waals surface area contributed by atoms with Crippen LogP contribution in [0.15, 0.2) is 22.7 Å². The number of carbonyl (C=O) groups excluding carboxylic acids is 3. The van der Waals surface area contributed by atoms with E-state index in [0.717, 1.165) is 23.9 Å². The molecule has 29 heavy (non-hydrogen) atoms. The van der Waals surface area contributed by atoms with Gasteiger partial charge in [0.15, 0.2) is 5.58 Å². The summed E-state index contributed by atoms with van der Waals surface area (Å²) in [5, 5.41) is 7.61. The van der Waals surface area contributed by atoms with Gasteiger partial charge in [0, 0.05) is 56.4 Å². The van der Waals surface area contributed by atoms with E-state index in [0.29, 0.717) is 31.8 Å². The van der Waals surface area contributed by atoms with Gasteiger partial charge in [-0.05, 0) is 25.0 Å². The molecule has 1 N–H and O–H groups in total. The highest BCUT2D eigenvalue weighted by Crippen LogP contribution is 2.33. The number of nitrogens with zero attached hydrogens (tertiary/aromatic N) is 3. The summed E-state index contributed by atoms with van der Waals surface area (Å²) in [4.78, 5) is 39.4. The molecule has 2 aliphatic heterocycles. The standard InChI is InChI=1S/C20H23FN4O4/c21-14-1-2-15-16(11-14)29-23-20(15)13-5-8-24(9-6-13)18(27)3-4-19(28)25-10-7-22-17(26)12-25/h1-2,11,13H,3-10,12H2,(H,22,26). The first kappa shape index (κ1) is 19.4. The largest absolute Gasteiger partial charge is 0.356 e. The Morgan fingerprint density at radius 3 is 2.59 bits per heavy atom. The quantitative estimate of drug-likeness (QED) is 0.834. The van der Waals surface area contributed by atoms with Crippen molar-refractivity contribution in [2.24, 2.45) is 0 Å². The van der Waals surface area contributed by atoms with Crippen molar-refractivity contribution in [3.8, 4) is 0 Å². The van der Waals surface area contributed by atoms with E-state index in [4.69, 9.17) is 4.52 Å². The molecule has 0 unspecified atom stereocenters. The maximum Gasteiger partial charge on any atom is 0.239 e. The minimum absolute atomic E-state index is 0.0506. The van der Waals surface area contributed by atoms with Gasteiger partial charge in [-0.3, -0.25) is 14.4 Å². The second-order valence-corrected chi connectivity index (χ2v) is 7.53. The Balaban J connectivity index is 1.28. The topological polar surface area (TPSA) is 95.8 Å². The number of aromatic nitrogens is 1. The summed E-state index contributed by atoms with van der Waals surface area (Å²) in [5.41, 5.74) is 1.24. The first-order valence-electron chi connectivity index (χ1n) is 9.88. The van der Waals surface area contributed by atoms with E-state index in [1.165, 1.54) is 17.0 Å². The van der Waals surface area contributed by atoms with Crippen LogP contribution in [-0.4, -0.2) is 65.4 Å². The van der Waals surface area contributed by atoms with Gasteiger partial charge in [0.2, 0.25) is 17.7 Å². The van der Waals surface area contributed by atoms with Gasteiger partial charge in [-0.25, -0.2) is 4.39 Å². The molecule has 2 saturated heterocycles. The zero-order valence-electron chi connectivity index (χ0n) is 16.0. The molecule has 3 amide bonds. The van der Waals surface area contributed by atoms with Crippen molar-refractivity contribution in [2.45, 2.75) is 31.6 Å². The molecule has 2 fully saturated rings. The molecule has 0 aliphatic carbocycles. The monoisotopic (exact) mass is 402 g/mol. The third-order valence-electron chi connectivity index (χ3n) is 5.64. The number of benzene rings is 1. The number of carbonyl (C=O) groups is 3. The molecule has 8 nitrogen and oxygen atoms in total. The second-order valence-electron chi connectivity index (χ2n) is 7.53. The highest BCUT2D eigenvalue weighted by atomic mass is 19.1. The first-order valence-corrected chi connectivity index (χ1v) is 9.88. The van der Waals surface area contributed by atoms with E-state index in [9.17, 15) is 18.8 Å². The van der Waals surface area contributed by atoms with Gasteiger partial charge in [-0.2, -0.15) is 0 Å². The lowest BCUT2D eigenvalue weighted by Gasteiger charge is -2.31. The molecular weight excluding hydrogens is 379 g/mol. The van der Waals surface area contributed by atoms with E-state index in [1.807, 2.05) is 0 Å². The summed E-state index contributed by atoms with van der Waals surface area (Å²) in [6.45, 7) is 2.17. The number of hydrogen-bond donors (Lipinski definition) is 1. The third-order valence-corrected chi connectivity index (χ3v) is 5.64. The SMILES string of the molecule is O=C1CN(C(=O)CCC(=O)N2CCC(c3noc4cc(F)ccc34)CC2)CCN1. The summed E-state index contributed by atoms with van der Waals surface area (Å²) in [5.74, 6) is -0.588. The zero-order valence-corrected chi connectivity index (χ0v) is 16.0. The van der Waals surface area contributed by atoms with Crippen LogP contribution in [-0.2, 0) is 14.4 Å². The number of fused-ring (bicyclic) bond motifs is 1. The molecule has 154 valence electrons. The normalized spacial score (nSPS) is 18.2. The number of hydrogen-bond acceptors (Lipinski definition) is 5. The Morgan fingerprint density at radius 2 is 1.86 bits per heavy atom. The van der Waals surface area contributed by atoms with Crippen molar-refractivity contribution in [1.29, 1.82) is 0 Å². The van der Waals surface area contributed by atoms with Gasteiger partial charge in [-0.1, -0.05) is 5.16 Å². The number of piperazine rings is 1. The highest BCUT2D eigenvalue weighted by Gasteiger charge is 2.28. The number of amides is 3. The van der Waals surface area contributed by atoms with Crippen LogP contribution in [0, 0.1) is 5.82 Å². The third kappa shape index (κ3) is 4.23. The van der Waals surface area contributed by atoms with Crippen molar-refractivity contribution < 1.29 is 23.3 Å². The number of rotatable bonds is 4. The fraction of sp³-hybridized carbons (Fsp3) is 0.500. The smallest absolute Gasteiger partial charge is 0.239 e. The van der Waals surface area contributed by atoms with Crippen LogP contribution in [0.25, 0.3) is 11.0 Å². The lowest BCUT2D eigenvalue weighted by Crippen LogP contribution is -2.50. The maximum absolute atomic E-state index is 13.3. The van der Waals surface area contributed by atoms with Crippen LogP contribution in [0.5, 0.6) is 0 Å². The van der Waals surface area contributed by atoms with E-state index in [1.54, 1.807) is 11.0 Å². The van der Waals surface area contributed by atoms with Crippen LogP contribution in [0.2, 0.25) is 0 Å². The molecule has 4 rings (SSSR count). The minimum atomic E-state index is -0.361. The van der Waals surface area contributed by atoms with Gasteiger partial charge in [-0.15, -0.1) is 0 Å². The molecular formula is C20H23FN4O4. The minimum Gasteiger partial charge on any atom is -0.356 e. The molecule has 1 aromatic heterocycles. The van der Waals surface area contributed by atoms with E-state index < -0.39 is 0 Å². The van der Waals surface area contributed by atoms with Gasteiger partial charge >= 0.3 is 0 Å². The number of piperidine rings is 1. The van der Waals surface area contributed by atoms with E-state index in [-0.39, 0.29) is 48.8 Å². The summed E-state index contributed by atoms with van der Waals surface area (Å²) < 4.78 is 18.6.